The van der Waals surface area contributed by atoms with Crippen LogP contribution in [0.5, 0.6) is 0 Å². The minimum absolute atomic E-state index is 0.458. The summed E-state index contributed by atoms with van der Waals surface area (Å²) in [6.45, 7) is 0. The first-order chi connectivity index (χ1) is 33.2. The van der Waals surface area contributed by atoms with Gasteiger partial charge in [-0.2, -0.15) is 0 Å². The molecule has 1 heterocycles. The van der Waals surface area contributed by atoms with Crippen molar-refractivity contribution >= 4 is 32.3 Å². The summed E-state index contributed by atoms with van der Waals surface area (Å²) in [4.78, 5) is 10.5. The van der Waals surface area contributed by atoms with Crippen molar-refractivity contribution in [3.05, 3.63) is 277 Å². The van der Waals surface area contributed by atoms with Crippen LogP contribution in [0.3, 0.4) is 0 Å². The van der Waals surface area contributed by atoms with E-state index in [-0.39, 0.29) is 0 Å². The lowest BCUT2D eigenvalue weighted by molar-refractivity contribution is 0.768. The minimum atomic E-state index is -0.458. The molecule has 0 radical (unpaired) electrons. The fraction of sp³-hybridized carbons (Fsp3) is 0.0154. The van der Waals surface area contributed by atoms with E-state index in [9.17, 15) is 0 Å². The van der Waals surface area contributed by atoms with Crippen LogP contribution in [0.2, 0.25) is 0 Å². The maximum absolute atomic E-state index is 5.27. The van der Waals surface area contributed by atoms with Gasteiger partial charge in [0.2, 0.25) is 0 Å². The zero-order valence-electron chi connectivity index (χ0n) is 36.6. The molecule has 312 valence electrons. The second-order valence-electron chi connectivity index (χ2n) is 17.6. The first-order valence-electron chi connectivity index (χ1n) is 23.1. The Hall–Kier alpha value is -8.72. The van der Waals surface area contributed by atoms with Crippen LogP contribution in [0.25, 0.3) is 99.6 Å². The van der Waals surface area contributed by atoms with Gasteiger partial charge in [0.15, 0.2) is 5.82 Å². The molecule has 0 spiro atoms. The lowest BCUT2D eigenvalue weighted by atomic mass is 9.67. The molecular formula is C65H42N2. The Labute approximate surface area is 390 Å². The van der Waals surface area contributed by atoms with Gasteiger partial charge < -0.3 is 0 Å². The van der Waals surface area contributed by atoms with Gasteiger partial charge in [0.05, 0.1) is 16.8 Å². The van der Waals surface area contributed by atoms with E-state index in [1.54, 1.807) is 0 Å². The van der Waals surface area contributed by atoms with Crippen molar-refractivity contribution < 1.29 is 0 Å². The fourth-order valence-electron chi connectivity index (χ4n) is 10.9. The Morgan fingerprint density at radius 1 is 0.269 bits per heavy atom. The molecule has 1 aliphatic carbocycles. The van der Waals surface area contributed by atoms with E-state index in [4.69, 9.17) is 9.97 Å². The Bertz CT molecular complexity index is 3780. The SMILES string of the molecule is c1ccc(-c2nc(-c3ccc(-c4ccc(-c5c6ccccc6cc6c5ccc5ccccc56)cc4)cc3)cc(-c3ccc4c(c3)-c3ccccc3C4(c3ccccc3)c3ccccc3)n2)cc1. The van der Waals surface area contributed by atoms with Crippen molar-refractivity contribution in [1.29, 1.82) is 0 Å². The topological polar surface area (TPSA) is 25.8 Å². The Morgan fingerprint density at radius 3 is 1.49 bits per heavy atom. The zero-order valence-corrected chi connectivity index (χ0v) is 36.6. The quantitative estimate of drug-likeness (QED) is 0.118. The molecule has 1 aliphatic rings. The average Bonchev–Trinajstić information content (AvgIpc) is 3.71. The normalized spacial score (nSPS) is 12.6. The van der Waals surface area contributed by atoms with Gasteiger partial charge in [-0.25, -0.2) is 9.97 Å². The average molecular weight is 851 g/mol. The van der Waals surface area contributed by atoms with Crippen molar-refractivity contribution in [2.24, 2.45) is 0 Å². The second kappa shape index (κ2) is 15.8. The number of fused-ring (bicyclic) bond motifs is 7. The summed E-state index contributed by atoms with van der Waals surface area (Å²) in [5.74, 6) is 0.700. The summed E-state index contributed by atoms with van der Waals surface area (Å²) in [6.07, 6.45) is 0. The number of hydrogen-bond donors (Lipinski definition) is 0. The molecule has 12 aromatic rings. The van der Waals surface area contributed by atoms with Gasteiger partial charge in [0.1, 0.15) is 0 Å². The lowest BCUT2D eigenvalue weighted by Crippen LogP contribution is -2.28. The molecule has 13 rings (SSSR count). The Balaban J connectivity index is 0.889. The van der Waals surface area contributed by atoms with Crippen molar-refractivity contribution in [2.45, 2.75) is 5.41 Å². The third kappa shape index (κ3) is 6.33. The van der Waals surface area contributed by atoms with E-state index in [2.05, 4.69) is 249 Å². The third-order valence-electron chi connectivity index (χ3n) is 14.0. The zero-order chi connectivity index (χ0) is 44.3. The number of benzene rings is 11. The molecule has 0 N–H and O–H groups in total. The van der Waals surface area contributed by atoms with Gasteiger partial charge in [0.25, 0.3) is 0 Å². The molecule has 0 fully saturated rings. The van der Waals surface area contributed by atoms with E-state index in [0.29, 0.717) is 5.82 Å². The van der Waals surface area contributed by atoms with Gasteiger partial charge in [-0.1, -0.05) is 237 Å². The Morgan fingerprint density at radius 2 is 0.791 bits per heavy atom. The van der Waals surface area contributed by atoms with Crippen molar-refractivity contribution in [3.8, 4) is 67.3 Å². The van der Waals surface area contributed by atoms with E-state index >= 15 is 0 Å². The van der Waals surface area contributed by atoms with Crippen LogP contribution >= 0.6 is 0 Å². The second-order valence-corrected chi connectivity index (χ2v) is 17.6. The standard InChI is InChI=1S/C65H42N2/c1-4-17-48(18-5-1)64-66-61(42-62(67-64)50-37-39-60-58(41-50)55-26-14-15-27-59(55)65(60,51-20-6-2-7-21-51)52-22-8-3-9-23-52)46-32-28-43(29-33-46)44-30-34-47(35-31-44)63-54-25-13-11-19-49(54)40-57-53-24-12-10-16-45(53)36-38-56(57)63/h1-42H. The van der Waals surface area contributed by atoms with Gasteiger partial charge in [0, 0.05) is 16.7 Å². The van der Waals surface area contributed by atoms with Crippen LogP contribution < -0.4 is 0 Å². The molecule has 0 bridgehead atoms. The molecule has 0 unspecified atom stereocenters. The van der Waals surface area contributed by atoms with E-state index in [0.717, 1.165) is 33.6 Å². The molecule has 0 atom stereocenters. The highest BCUT2D eigenvalue weighted by Gasteiger charge is 2.46. The molecule has 11 aromatic carbocycles. The highest BCUT2D eigenvalue weighted by Crippen LogP contribution is 2.56. The number of aromatic nitrogens is 2. The smallest absolute Gasteiger partial charge is 0.160 e. The monoisotopic (exact) mass is 850 g/mol. The summed E-state index contributed by atoms with van der Waals surface area (Å²) >= 11 is 0. The summed E-state index contributed by atoms with van der Waals surface area (Å²) in [7, 11) is 0. The predicted octanol–water partition coefficient (Wildman–Crippen LogP) is 16.6. The molecule has 67 heavy (non-hydrogen) atoms. The van der Waals surface area contributed by atoms with Crippen LogP contribution in [0.4, 0.5) is 0 Å². The van der Waals surface area contributed by atoms with E-state index in [1.807, 2.05) is 6.07 Å². The number of nitrogens with zero attached hydrogens (tertiary/aromatic N) is 2. The third-order valence-corrected chi connectivity index (χ3v) is 14.0. The predicted molar refractivity (Wildman–Crippen MR) is 279 cm³/mol. The number of hydrogen-bond acceptors (Lipinski definition) is 2. The summed E-state index contributed by atoms with van der Waals surface area (Å²) in [6, 6.07) is 92.4. The van der Waals surface area contributed by atoms with Crippen molar-refractivity contribution in [1.82, 2.24) is 9.97 Å². The molecule has 2 nitrogen and oxygen atoms in total. The summed E-state index contributed by atoms with van der Waals surface area (Å²) in [5, 5.41) is 7.60. The highest BCUT2D eigenvalue weighted by molar-refractivity contribution is 6.20. The highest BCUT2D eigenvalue weighted by atomic mass is 14.9. The summed E-state index contributed by atoms with van der Waals surface area (Å²) < 4.78 is 0. The van der Waals surface area contributed by atoms with Crippen molar-refractivity contribution in [3.63, 3.8) is 0 Å². The van der Waals surface area contributed by atoms with Gasteiger partial charge in [-0.05, 0) is 106 Å². The lowest BCUT2D eigenvalue weighted by Gasteiger charge is -2.33. The van der Waals surface area contributed by atoms with Gasteiger partial charge in [-0.15, -0.1) is 0 Å². The molecule has 1 aromatic heterocycles. The maximum Gasteiger partial charge on any atom is 0.160 e. The van der Waals surface area contributed by atoms with E-state index < -0.39 is 5.41 Å². The van der Waals surface area contributed by atoms with Crippen LogP contribution in [0.1, 0.15) is 22.3 Å². The summed E-state index contributed by atoms with van der Waals surface area (Å²) in [5.41, 5.74) is 16.7. The van der Waals surface area contributed by atoms with Gasteiger partial charge >= 0.3 is 0 Å². The molecule has 0 amide bonds. The van der Waals surface area contributed by atoms with Crippen molar-refractivity contribution in [2.75, 3.05) is 0 Å². The van der Waals surface area contributed by atoms with Crippen LogP contribution in [-0.4, -0.2) is 9.97 Å². The van der Waals surface area contributed by atoms with E-state index in [1.165, 1.54) is 82.4 Å². The van der Waals surface area contributed by atoms with Crippen LogP contribution in [-0.2, 0) is 5.41 Å². The molecule has 2 heteroatoms. The Kier molecular flexibility index (Phi) is 9.11. The van der Waals surface area contributed by atoms with Crippen LogP contribution in [0, 0.1) is 0 Å². The fourth-order valence-corrected chi connectivity index (χ4v) is 10.9. The molecule has 0 aliphatic heterocycles. The minimum Gasteiger partial charge on any atom is -0.228 e. The maximum atomic E-state index is 5.27. The largest absolute Gasteiger partial charge is 0.228 e. The first-order valence-corrected chi connectivity index (χ1v) is 23.1. The van der Waals surface area contributed by atoms with Crippen LogP contribution in [0.15, 0.2) is 255 Å². The molecular weight excluding hydrogens is 809 g/mol. The molecule has 0 saturated heterocycles. The number of rotatable bonds is 7. The van der Waals surface area contributed by atoms with Gasteiger partial charge in [-0.3, -0.25) is 0 Å². The first kappa shape index (κ1) is 38.7. The molecule has 0 saturated carbocycles.